The van der Waals surface area contributed by atoms with Crippen LogP contribution in [0.2, 0.25) is 0 Å². The monoisotopic (exact) mass is 198 g/mol. The van der Waals surface area contributed by atoms with Crippen molar-refractivity contribution in [2.75, 3.05) is 13.6 Å². The molecule has 1 atom stereocenters. The molecule has 0 saturated carbocycles. The summed E-state index contributed by atoms with van der Waals surface area (Å²) in [6.45, 7) is 2.46. The second kappa shape index (κ2) is 5.10. The minimum atomic E-state index is -0.0189. The molecular formula is C10H18N2O2. The van der Waals surface area contributed by atoms with Crippen LogP contribution in [0.3, 0.4) is 0 Å². The van der Waals surface area contributed by atoms with Crippen molar-refractivity contribution in [2.24, 2.45) is 0 Å². The number of likely N-dealkylation sites (tertiary alicyclic amines) is 1. The number of nitrogens with zero attached hydrogens (tertiary/aromatic N) is 1. The van der Waals surface area contributed by atoms with Gasteiger partial charge in [0.25, 0.3) is 0 Å². The number of rotatable bonds is 3. The fraction of sp³-hybridized carbons (Fsp3) is 0.800. The summed E-state index contributed by atoms with van der Waals surface area (Å²) in [4.78, 5) is 24.5. The van der Waals surface area contributed by atoms with Crippen LogP contribution in [-0.4, -0.2) is 36.3 Å². The highest BCUT2D eigenvalue weighted by Gasteiger charge is 2.24. The van der Waals surface area contributed by atoms with Crippen molar-refractivity contribution >= 4 is 11.8 Å². The summed E-state index contributed by atoms with van der Waals surface area (Å²) in [5, 5.41) is 3.03. The maximum atomic E-state index is 11.6. The maximum absolute atomic E-state index is 11.6. The quantitative estimate of drug-likeness (QED) is 0.673. The molecule has 14 heavy (non-hydrogen) atoms. The Morgan fingerprint density at radius 1 is 1.29 bits per heavy atom. The van der Waals surface area contributed by atoms with Gasteiger partial charge in [0.1, 0.15) is 0 Å². The fourth-order valence-electron chi connectivity index (χ4n) is 1.53. The van der Waals surface area contributed by atoms with Gasteiger partial charge < -0.3 is 5.32 Å². The van der Waals surface area contributed by atoms with Crippen LogP contribution in [0.5, 0.6) is 0 Å². The molecule has 80 valence electrons. The summed E-state index contributed by atoms with van der Waals surface area (Å²) in [6, 6.07) is 0.168. The van der Waals surface area contributed by atoms with E-state index in [0.29, 0.717) is 19.4 Å². The van der Waals surface area contributed by atoms with Crippen molar-refractivity contribution in [2.45, 2.75) is 38.6 Å². The van der Waals surface area contributed by atoms with Crippen LogP contribution in [0, 0.1) is 0 Å². The average Bonchev–Trinajstić information content (AvgIpc) is 2.32. The number of likely N-dealkylation sites (N-methyl/N-ethyl adjacent to an activating group) is 1. The number of carbonyl (C=O) groups is 2. The van der Waals surface area contributed by atoms with Gasteiger partial charge in [-0.2, -0.15) is 0 Å². The molecule has 0 radical (unpaired) electrons. The van der Waals surface area contributed by atoms with Crippen molar-refractivity contribution in [1.29, 1.82) is 0 Å². The van der Waals surface area contributed by atoms with Gasteiger partial charge in [0, 0.05) is 25.4 Å². The van der Waals surface area contributed by atoms with Crippen LogP contribution in [0.1, 0.15) is 32.6 Å². The van der Waals surface area contributed by atoms with Gasteiger partial charge in [-0.1, -0.05) is 0 Å². The Labute approximate surface area is 84.7 Å². The molecule has 4 nitrogen and oxygen atoms in total. The van der Waals surface area contributed by atoms with Gasteiger partial charge in [-0.15, -0.1) is 0 Å². The van der Waals surface area contributed by atoms with Crippen LogP contribution < -0.4 is 5.32 Å². The zero-order valence-corrected chi connectivity index (χ0v) is 8.88. The minimum Gasteiger partial charge on any atom is -0.315 e. The molecule has 1 N–H and O–H groups in total. The van der Waals surface area contributed by atoms with Crippen LogP contribution in [0.15, 0.2) is 0 Å². The van der Waals surface area contributed by atoms with Gasteiger partial charge in [-0.3, -0.25) is 14.5 Å². The smallest absolute Gasteiger partial charge is 0.229 e. The Morgan fingerprint density at radius 2 is 1.79 bits per heavy atom. The fourth-order valence-corrected chi connectivity index (χ4v) is 1.53. The lowest BCUT2D eigenvalue weighted by Crippen LogP contribution is -2.43. The predicted octanol–water partition coefficient (Wildman–Crippen LogP) is 0.523. The van der Waals surface area contributed by atoms with Gasteiger partial charge in [0.15, 0.2) is 0 Å². The zero-order valence-electron chi connectivity index (χ0n) is 8.88. The van der Waals surface area contributed by atoms with E-state index in [1.807, 2.05) is 14.0 Å². The summed E-state index contributed by atoms with van der Waals surface area (Å²) < 4.78 is 0. The second-order valence-corrected chi connectivity index (χ2v) is 3.79. The Hall–Kier alpha value is -0.900. The number of nitrogens with one attached hydrogen (secondary N) is 1. The van der Waals surface area contributed by atoms with Crippen molar-refractivity contribution in [1.82, 2.24) is 10.2 Å². The second-order valence-electron chi connectivity index (χ2n) is 3.79. The van der Waals surface area contributed by atoms with E-state index >= 15 is 0 Å². The standard InChI is InChI=1S/C10H18N2O2/c1-8(11-2)7-12-9(13)5-3-4-6-10(12)14/h8,11H,3-7H2,1-2H3. The van der Waals surface area contributed by atoms with Crippen molar-refractivity contribution in [3.63, 3.8) is 0 Å². The van der Waals surface area contributed by atoms with E-state index in [2.05, 4.69) is 5.32 Å². The topological polar surface area (TPSA) is 49.4 Å². The molecule has 2 amide bonds. The molecule has 1 heterocycles. The van der Waals surface area contributed by atoms with E-state index in [1.165, 1.54) is 4.90 Å². The van der Waals surface area contributed by atoms with Gasteiger partial charge in [0.2, 0.25) is 11.8 Å². The van der Waals surface area contributed by atoms with Gasteiger partial charge in [0.05, 0.1) is 0 Å². The SMILES string of the molecule is CNC(C)CN1C(=O)CCCCC1=O. The molecule has 0 bridgehead atoms. The average molecular weight is 198 g/mol. The summed E-state index contributed by atoms with van der Waals surface area (Å²) in [7, 11) is 1.83. The Morgan fingerprint density at radius 3 is 2.21 bits per heavy atom. The Bertz CT molecular complexity index is 210. The van der Waals surface area contributed by atoms with E-state index in [1.54, 1.807) is 0 Å². The van der Waals surface area contributed by atoms with E-state index in [-0.39, 0.29) is 17.9 Å². The van der Waals surface area contributed by atoms with E-state index in [9.17, 15) is 9.59 Å². The van der Waals surface area contributed by atoms with Gasteiger partial charge in [-0.25, -0.2) is 0 Å². The predicted molar refractivity (Wildman–Crippen MR) is 53.7 cm³/mol. The molecule has 1 rings (SSSR count). The number of amides is 2. The molecule has 1 aliphatic rings. The summed E-state index contributed by atoms with van der Waals surface area (Å²) in [5.41, 5.74) is 0. The van der Waals surface area contributed by atoms with Gasteiger partial charge >= 0.3 is 0 Å². The van der Waals surface area contributed by atoms with Crippen LogP contribution in [-0.2, 0) is 9.59 Å². The number of carbonyl (C=O) groups excluding carboxylic acids is 2. The molecule has 1 saturated heterocycles. The zero-order chi connectivity index (χ0) is 10.6. The van der Waals surface area contributed by atoms with Crippen LogP contribution in [0.4, 0.5) is 0 Å². The summed E-state index contributed by atoms with van der Waals surface area (Å²) in [6.07, 6.45) is 2.72. The first-order valence-electron chi connectivity index (χ1n) is 5.15. The molecular weight excluding hydrogens is 180 g/mol. The first-order chi connectivity index (χ1) is 6.65. The number of hydrogen-bond donors (Lipinski definition) is 1. The van der Waals surface area contributed by atoms with Gasteiger partial charge in [-0.05, 0) is 26.8 Å². The first-order valence-corrected chi connectivity index (χ1v) is 5.15. The Balaban J connectivity index is 2.60. The Kier molecular flexibility index (Phi) is 4.07. The highest BCUT2D eigenvalue weighted by molar-refractivity contribution is 5.96. The molecule has 4 heteroatoms. The van der Waals surface area contributed by atoms with Crippen LogP contribution >= 0.6 is 0 Å². The van der Waals surface area contributed by atoms with Crippen molar-refractivity contribution in [3.8, 4) is 0 Å². The maximum Gasteiger partial charge on any atom is 0.229 e. The third kappa shape index (κ3) is 2.80. The summed E-state index contributed by atoms with van der Waals surface area (Å²) >= 11 is 0. The highest BCUT2D eigenvalue weighted by Crippen LogP contribution is 2.12. The third-order valence-electron chi connectivity index (χ3n) is 2.58. The molecule has 1 aliphatic heterocycles. The normalized spacial score (nSPS) is 20.9. The highest BCUT2D eigenvalue weighted by atomic mass is 16.2. The van der Waals surface area contributed by atoms with Crippen molar-refractivity contribution < 1.29 is 9.59 Å². The molecule has 1 unspecified atom stereocenters. The summed E-state index contributed by atoms with van der Waals surface area (Å²) in [5.74, 6) is -0.0378. The third-order valence-corrected chi connectivity index (χ3v) is 2.58. The van der Waals surface area contributed by atoms with E-state index in [4.69, 9.17) is 0 Å². The number of imide groups is 1. The first kappa shape index (κ1) is 11.2. The van der Waals surface area contributed by atoms with Crippen molar-refractivity contribution in [3.05, 3.63) is 0 Å². The van der Waals surface area contributed by atoms with E-state index in [0.717, 1.165) is 12.8 Å². The molecule has 0 spiro atoms. The van der Waals surface area contributed by atoms with E-state index < -0.39 is 0 Å². The number of hydrogen-bond acceptors (Lipinski definition) is 3. The molecule has 0 aromatic rings. The molecule has 0 aromatic carbocycles. The molecule has 1 fully saturated rings. The lowest BCUT2D eigenvalue weighted by atomic mass is 10.2. The molecule has 0 aromatic heterocycles. The largest absolute Gasteiger partial charge is 0.315 e. The lowest BCUT2D eigenvalue weighted by molar-refractivity contribution is -0.144. The lowest BCUT2D eigenvalue weighted by Gasteiger charge is -2.22. The molecule has 0 aliphatic carbocycles. The minimum absolute atomic E-state index is 0.0189. The van der Waals surface area contributed by atoms with Crippen LogP contribution in [0.25, 0.3) is 0 Å².